The predicted molar refractivity (Wildman–Crippen MR) is 42.3 cm³/mol. The third-order valence-electron chi connectivity index (χ3n) is 1.06. The average Bonchev–Trinajstić information content (AvgIpc) is 2.11. The first-order valence-corrected chi connectivity index (χ1v) is 3.65. The van der Waals surface area contributed by atoms with Gasteiger partial charge in [-0.05, 0) is 0 Å². The Labute approximate surface area is 62.9 Å². The molecule has 0 atom stereocenters. The molecule has 1 heterocycles. The lowest BCUT2D eigenvalue weighted by atomic mass is 10.7. The van der Waals surface area contributed by atoms with Gasteiger partial charge in [-0.3, -0.25) is 9.28 Å². The van der Waals surface area contributed by atoms with Crippen LogP contribution in [-0.2, 0) is 0 Å². The van der Waals surface area contributed by atoms with Crippen LogP contribution in [0.2, 0.25) is 0 Å². The highest BCUT2D eigenvalue weighted by molar-refractivity contribution is 7.03. The van der Waals surface area contributed by atoms with Crippen molar-refractivity contribution < 1.29 is 0 Å². The van der Waals surface area contributed by atoms with Crippen molar-refractivity contribution in [2.45, 2.75) is 0 Å². The lowest BCUT2D eigenvalue weighted by Gasteiger charge is -2.17. The quantitative estimate of drug-likeness (QED) is 0.589. The number of quaternary nitrogens is 1. The van der Waals surface area contributed by atoms with Gasteiger partial charge in [0, 0.05) is 11.5 Å². The molecule has 0 amide bonds. The number of aromatic amines is 1. The van der Waals surface area contributed by atoms with Gasteiger partial charge in [0.2, 0.25) is 0 Å². The summed E-state index contributed by atoms with van der Waals surface area (Å²) >= 11 is 0.955. The smallest absolute Gasteiger partial charge is 0.265 e. The van der Waals surface area contributed by atoms with E-state index < -0.39 is 0 Å². The maximum absolute atomic E-state index is 10.6. The van der Waals surface area contributed by atoms with E-state index in [4.69, 9.17) is 0 Å². The van der Waals surface area contributed by atoms with Crippen molar-refractivity contribution in [2.24, 2.45) is 0 Å². The van der Waals surface area contributed by atoms with E-state index in [0.29, 0.717) is 10.4 Å². The molecule has 0 aromatic carbocycles. The molecule has 0 unspecified atom stereocenters. The maximum atomic E-state index is 10.6. The Bertz CT molecular complexity index is 269. The first-order valence-electron chi connectivity index (χ1n) is 2.88. The number of rotatable bonds is 1. The highest BCUT2D eigenvalue weighted by Gasteiger charge is 2.15. The fourth-order valence-corrected chi connectivity index (χ4v) is 1.11. The second kappa shape index (κ2) is 2.17. The largest absolute Gasteiger partial charge is 0.328 e. The molecule has 0 saturated heterocycles. The molecule has 10 heavy (non-hydrogen) atoms. The number of hydrogen-bond donors (Lipinski definition) is 1. The fraction of sp³-hybridized carbons (Fsp3) is 0.600. The first kappa shape index (κ1) is 7.43. The minimum atomic E-state index is -0.0944. The predicted octanol–water partition coefficient (Wildman–Crippen LogP) is 0.0281. The van der Waals surface area contributed by atoms with Crippen LogP contribution < -0.4 is 9.36 Å². The highest BCUT2D eigenvalue weighted by atomic mass is 32.1. The highest BCUT2D eigenvalue weighted by Crippen LogP contribution is 2.06. The van der Waals surface area contributed by atoms with Crippen molar-refractivity contribution in [1.29, 1.82) is 0 Å². The van der Waals surface area contributed by atoms with E-state index >= 15 is 0 Å². The lowest BCUT2D eigenvalue weighted by Crippen LogP contribution is -2.36. The summed E-state index contributed by atoms with van der Waals surface area (Å²) in [4.78, 5) is 13.2. The monoisotopic (exact) mass is 160 g/mol. The third kappa shape index (κ3) is 1.43. The summed E-state index contributed by atoms with van der Waals surface area (Å²) in [5.41, 5.74) is 0. The Morgan fingerprint density at radius 3 is 2.30 bits per heavy atom. The second-order valence-corrected chi connectivity index (χ2v) is 3.67. The molecular formula is C5H10N3OS+. The molecule has 0 radical (unpaired) electrons. The molecule has 1 aromatic heterocycles. The minimum absolute atomic E-state index is 0.0944. The minimum Gasteiger partial charge on any atom is -0.265 e. The van der Waals surface area contributed by atoms with Crippen LogP contribution in [0.3, 0.4) is 0 Å². The summed E-state index contributed by atoms with van der Waals surface area (Å²) in [6, 6.07) is 0. The summed E-state index contributed by atoms with van der Waals surface area (Å²) in [6.07, 6.45) is 0. The van der Waals surface area contributed by atoms with Crippen LogP contribution >= 0.6 is 11.5 Å². The van der Waals surface area contributed by atoms with E-state index in [9.17, 15) is 4.79 Å². The summed E-state index contributed by atoms with van der Waals surface area (Å²) in [6.45, 7) is 0. The van der Waals surface area contributed by atoms with Crippen molar-refractivity contribution in [3.05, 3.63) is 9.67 Å². The van der Waals surface area contributed by atoms with Gasteiger partial charge in [-0.25, -0.2) is 4.98 Å². The molecule has 1 rings (SSSR count). The fourth-order valence-electron chi connectivity index (χ4n) is 0.512. The van der Waals surface area contributed by atoms with Gasteiger partial charge in [0.15, 0.2) is 0 Å². The molecular weight excluding hydrogens is 150 g/mol. The van der Waals surface area contributed by atoms with Crippen LogP contribution in [0.25, 0.3) is 0 Å². The zero-order valence-corrected chi connectivity index (χ0v) is 7.03. The van der Waals surface area contributed by atoms with E-state index in [0.717, 1.165) is 11.5 Å². The third-order valence-corrected chi connectivity index (χ3v) is 1.60. The van der Waals surface area contributed by atoms with Gasteiger partial charge in [0.25, 0.3) is 0 Å². The van der Waals surface area contributed by atoms with Gasteiger partial charge in [0.05, 0.1) is 21.1 Å². The number of aromatic nitrogens is 2. The van der Waals surface area contributed by atoms with Gasteiger partial charge in [-0.1, -0.05) is 0 Å². The van der Waals surface area contributed by atoms with Crippen molar-refractivity contribution >= 4 is 17.5 Å². The Balaban J connectivity index is 3.07. The van der Waals surface area contributed by atoms with Crippen LogP contribution in [0.1, 0.15) is 0 Å². The molecule has 0 fully saturated rings. The van der Waals surface area contributed by atoms with Crippen molar-refractivity contribution in [3.8, 4) is 0 Å². The molecule has 0 aliphatic rings. The molecule has 1 N–H and O–H groups in total. The normalized spacial score (nSPS) is 11.9. The molecule has 0 bridgehead atoms. The molecule has 5 heteroatoms. The summed E-state index contributed by atoms with van der Waals surface area (Å²) in [7, 11) is 5.85. The van der Waals surface area contributed by atoms with Crippen LogP contribution in [0.5, 0.6) is 0 Å². The zero-order valence-electron chi connectivity index (χ0n) is 6.21. The van der Waals surface area contributed by atoms with Gasteiger partial charge in [-0.15, -0.1) is 4.37 Å². The second-order valence-electron chi connectivity index (χ2n) is 2.93. The first-order chi connectivity index (χ1) is 4.50. The number of hydrogen-bond acceptors (Lipinski definition) is 3. The standard InChI is InChI=1S/C5H9N3OS/c1-8(2,3)4-6-5(9)10-7-4/h1-3H3/p+1. The number of nitrogens with one attached hydrogen (secondary N) is 1. The van der Waals surface area contributed by atoms with E-state index in [-0.39, 0.29) is 4.87 Å². The Morgan fingerprint density at radius 2 is 2.10 bits per heavy atom. The Kier molecular flexibility index (Phi) is 1.61. The molecule has 0 aliphatic carbocycles. The van der Waals surface area contributed by atoms with Gasteiger partial charge in [-0.2, -0.15) is 0 Å². The van der Waals surface area contributed by atoms with E-state index in [1.165, 1.54) is 0 Å². The molecule has 0 spiro atoms. The lowest BCUT2D eigenvalue weighted by molar-refractivity contribution is 0.463. The van der Waals surface area contributed by atoms with Crippen LogP contribution in [0, 0.1) is 0 Å². The van der Waals surface area contributed by atoms with E-state index in [1.54, 1.807) is 0 Å². The molecule has 56 valence electrons. The average molecular weight is 160 g/mol. The topological polar surface area (TPSA) is 45.8 Å². The molecule has 0 saturated carbocycles. The van der Waals surface area contributed by atoms with Gasteiger partial charge in [0.1, 0.15) is 0 Å². The van der Waals surface area contributed by atoms with Crippen molar-refractivity contribution in [1.82, 2.24) is 13.8 Å². The summed E-state index contributed by atoms with van der Waals surface area (Å²) in [5.74, 6) is 0.704. The number of H-pyrrole nitrogens is 1. The van der Waals surface area contributed by atoms with Crippen LogP contribution in [0.15, 0.2) is 4.79 Å². The Morgan fingerprint density at radius 1 is 1.50 bits per heavy atom. The van der Waals surface area contributed by atoms with Gasteiger partial charge < -0.3 is 0 Å². The molecule has 1 aromatic rings. The number of nitrogens with zero attached hydrogens (tertiary/aromatic N) is 2. The van der Waals surface area contributed by atoms with Crippen LogP contribution in [0.4, 0.5) is 5.95 Å². The molecule has 4 nitrogen and oxygen atoms in total. The van der Waals surface area contributed by atoms with Crippen molar-refractivity contribution in [3.63, 3.8) is 0 Å². The van der Waals surface area contributed by atoms with Gasteiger partial charge >= 0.3 is 10.8 Å². The van der Waals surface area contributed by atoms with E-state index in [2.05, 4.69) is 9.36 Å². The van der Waals surface area contributed by atoms with Crippen LogP contribution in [-0.4, -0.2) is 30.5 Å². The van der Waals surface area contributed by atoms with E-state index in [1.807, 2.05) is 21.1 Å². The Hall–Kier alpha value is -0.680. The maximum Gasteiger partial charge on any atom is 0.328 e. The van der Waals surface area contributed by atoms with Crippen molar-refractivity contribution in [2.75, 3.05) is 21.1 Å². The molecule has 0 aliphatic heterocycles. The summed E-state index contributed by atoms with van der Waals surface area (Å²) < 4.78 is 4.49. The zero-order chi connectivity index (χ0) is 7.78. The summed E-state index contributed by atoms with van der Waals surface area (Å²) in [5, 5.41) is 0. The SMILES string of the molecule is C[N+](C)(C)c1nsc(=O)[nH]1.